The van der Waals surface area contributed by atoms with Gasteiger partial charge in [-0.2, -0.15) is 0 Å². The number of hydrogen-bond acceptors (Lipinski definition) is 2. The first-order valence-electron chi connectivity index (χ1n) is 6.23. The fourth-order valence-electron chi connectivity index (χ4n) is 2.13. The van der Waals surface area contributed by atoms with Crippen molar-refractivity contribution in [3.63, 3.8) is 0 Å². The van der Waals surface area contributed by atoms with Crippen LogP contribution in [-0.2, 0) is 12.0 Å². The fourth-order valence-corrected chi connectivity index (χ4v) is 2.49. The van der Waals surface area contributed by atoms with Gasteiger partial charge in [0.2, 0.25) is 0 Å². The van der Waals surface area contributed by atoms with Gasteiger partial charge in [-0.3, -0.25) is 0 Å². The van der Waals surface area contributed by atoms with Crippen molar-refractivity contribution in [1.29, 1.82) is 0 Å². The van der Waals surface area contributed by atoms with Gasteiger partial charge in [0.15, 0.2) is 11.6 Å². The standard InChI is InChI=1S/C16H16FIO2/c1-16(19,12-4-6-13(18)7-5-12)10-11-3-8-15(20-2)14(17)9-11/h3-9,19H,10H2,1-2H3. The first-order chi connectivity index (χ1) is 9.42. The maximum absolute atomic E-state index is 13.7. The van der Waals surface area contributed by atoms with Crippen LogP contribution in [0.5, 0.6) is 5.75 Å². The molecule has 0 bridgehead atoms. The summed E-state index contributed by atoms with van der Waals surface area (Å²) < 4.78 is 19.7. The lowest BCUT2D eigenvalue weighted by Crippen LogP contribution is -2.24. The number of benzene rings is 2. The molecule has 0 fully saturated rings. The summed E-state index contributed by atoms with van der Waals surface area (Å²) in [6.45, 7) is 1.73. The minimum atomic E-state index is -1.04. The molecule has 0 aliphatic rings. The molecule has 0 aromatic heterocycles. The highest BCUT2D eigenvalue weighted by Crippen LogP contribution is 2.27. The molecule has 0 amide bonds. The summed E-state index contributed by atoms with van der Waals surface area (Å²) in [7, 11) is 1.43. The molecule has 1 unspecified atom stereocenters. The average Bonchev–Trinajstić information content (AvgIpc) is 2.39. The van der Waals surface area contributed by atoms with Crippen LogP contribution in [-0.4, -0.2) is 12.2 Å². The molecule has 0 spiro atoms. The fraction of sp³-hybridized carbons (Fsp3) is 0.250. The Morgan fingerprint density at radius 3 is 2.40 bits per heavy atom. The molecule has 0 aliphatic heterocycles. The molecule has 0 saturated carbocycles. The van der Waals surface area contributed by atoms with Gasteiger partial charge in [0.1, 0.15) is 0 Å². The summed E-state index contributed by atoms with van der Waals surface area (Å²) in [5.41, 5.74) is 0.506. The molecule has 106 valence electrons. The molecular weight excluding hydrogens is 370 g/mol. The Kier molecular flexibility index (Phi) is 4.65. The molecule has 20 heavy (non-hydrogen) atoms. The van der Waals surface area contributed by atoms with Crippen molar-refractivity contribution in [2.75, 3.05) is 7.11 Å². The Morgan fingerprint density at radius 1 is 1.20 bits per heavy atom. The molecule has 0 radical (unpaired) electrons. The van der Waals surface area contributed by atoms with Gasteiger partial charge < -0.3 is 9.84 Å². The molecule has 0 aliphatic carbocycles. The lowest BCUT2D eigenvalue weighted by molar-refractivity contribution is 0.0575. The van der Waals surface area contributed by atoms with Crippen LogP contribution in [0.4, 0.5) is 4.39 Å². The number of methoxy groups -OCH3 is 1. The Hall–Kier alpha value is -1.14. The minimum Gasteiger partial charge on any atom is -0.494 e. The highest BCUT2D eigenvalue weighted by atomic mass is 127. The molecule has 1 atom stereocenters. The number of ether oxygens (including phenoxy) is 1. The second-order valence-electron chi connectivity index (χ2n) is 4.93. The van der Waals surface area contributed by atoms with Gasteiger partial charge in [0.05, 0.1) is 12.7 Å². The van der Waals surface area contributed by atoms with Gasteiger partial charge in [0, 0.05) is 9.99 Å². The molecule has 1 N–H and O–H groups in total. The number of rotatable bonds is 4. The number of hydrogen-bond donors (Lipinski definition) is 1. The Bertz CT molecular complexity index is 594. The second kappa shape index (κ2) is 6.10. The van der Waals surface area contributed by atoms with Crippen molar-refractivity contribution >= 4 is 22.6 Å². The number of aliphatic hydroxyl groups is 1. The summed E-state index contributed by atoms with van der Waals surface area (Å²) in [5.74, 6) is -0.203. The van der Waals surface area contributed by atoms with Crippen LogP contribution in [0, 0.1) is 9.39 Å². The molecule has 0 saturated heterocycles. The van der Waals surface area contributed by atoms with Gasteiger partial charge in [-0.05, 0) is 64.9 Å². The summed E-state index contributed by atoms with van der Waals surface area (Å²) in [4.78, 5) is 0. The van der Waals surface area contributed by atoms with Crippen molar-refractivity contribution < 1.29 is 14.2 Å². The predicted molar refractivity (Wildman–Crippen MR) is 85.4 cm³/mol. The van der Waals surface area contributed by atoms with Gasteiger partial charge in [-0.15, -0.1) is 0 Å². The first-order valence-corrected chi connectivity index (χ1v) is 7.31. The molecule has 4 heteroatoms. The summed E-state index contributed by atoms with van der Waals surface area (Å²) >= 11 is 2.22. The largest absolute Gasteiger partial charge is 0.494 e. The molecule has 2 aromatic rings. The third-order valence-corrected chi connectivity index (χ3v) is 3.95. The zero-order valence-electron chi connectivity index (χ0n) is 11.4. The van der Waals surface area contributed by atoms with E-state index in [-0.39, 0.29) is 5.75 Å². The molecule has 2 aromatic carbocycles. The maximum Gasteiger partial charge on any atom is 0.165 e. The topological polar surface area (TPSA) is 29.5 Å². The Balaban J connectivity index is 2.23. The summed E-state index contributed by atoms with van der Waals surface area (Å²) in [5, 5.41) is 10.6. The van der Waals surface area contributed by atoms with E-state index in [4.69, 9.17) is 4.74 Å². The Labute approximate surface area is 131 Å². The average molecular weight is 386 g/mol. The van der Waals surface area contributed by atoms with Crippen LogP contribution in [0.25, 0.3) is 0 Å². The highest BCUT2D eigenvalue weighted by Gasteiger charge is 2.24. The van der Waals surface area contributed by atoms with Gasteiger partial charge >= 0.3 is 0 Å². The van der Waals surface area contributed by atoms with Crippen molar-refractivity contribution in [3.8, 4) is 5.75 Å². The Morgan fingerprint density at radius 2 is 1.85 bits per heavy atom. The van der Waals surface area contributed by atoms with Crippen LogP contribution in [0.1, 0.15) is 18.1 Å². The molecule has 2 rings (SSSR count). The van der Waals surface area contributed by atoms with E-state index in [1.54, 1.807) is 19.1 Å². The monoisotopic (exact) mass is 386 g/mol. The summed E-state index contributed by atoms with van der Waals surface area (Å²) in [6.07, 6.45) is 0.342. The van der Waals surface area contributed by atoms with E-state index >= 15 is 0 Å². The predicted octanol–water partition coefficient (Wildman–Crippen LogP) is 3.89. The van der Waals surface area contributed by atoms with E-state index in [0.29, 0.717) is 6.42 Å². The van der Waals surface area contributed by atoms with Gasteiger partial charge in [0.25, 0.3) is 0 Å². The van der Waals surface area contributed by atoms with E-state index in [2.05, 4.69) is 22.6 Å². The lowest BCUT2D eigenvalue weighted by atomic mass is 9.89. The van der Waals surface area contributed by atoms with Crippen LogP contribution in [0.3, 0.4) is 0 Å². The van der Waals surface area contributed by atoms with Crippen LogP contribution >= 0.6 is 22.6 Å². The van der Waals surface area contributed by atoms with Gasteiger partial charge in [-0.1, -0.05) is 18.2 Å². The van der Waals surface area contributed by atoms with E-state index < -0.39 is 11.4 Å². The van der Waals surface area contributed by atoms with E-state index in [9.17, 15) is 9.50 Å². The van der Waals surface area contributed by atoms with Crippen molar-refractivity contribution in [1.82, 2.24) is 0 Å². The molecule has 0 heterocycles. The van der Waals surface area contributed by atoms with Crippen LogP contribution < -0.4 is 4.74 Å². The van der Waals surface area contributed by atoms with E-state index in [1.165, 1.54) is 13.2 Å². The summed E-state index contributed by atoms with van der Waals surface area (Å²) in [6, 6.07) is 12.4. The second-order valence-corrected chi connectivity index (χ2v) is 6.17. The molecular formula is C16H16FIO2. The van der Waals surface area contributed by atoms with E-state index in [1.807, 2.05) is 24.3 Å². The minimum absolute atomic E-state index is 0.211. The third-order valence-electron chi connectivity index (χ3n) is 3.23. The highest BCUT2D eigenvalue weighted by molar-refractivity contribution is 14.1. The first kappa shape index (κ1) is 15.3. The number of halogens is 2. The SMILES string of the molecule is COc1ccc(CC(C)(O)c2ccc(I)cc2)cc1F. The lowest BCUT2D eigenvalue weighted by Gasteiger charge is -2.24. The van der Waals surface area contributed by atoms with Crippen molar-refractivity contribution in [3.05, 3.63) is 63.0 Å². The van der Waals surface area contributed by atoms with E-state index in [0.717, 1.165) is 14.7 Å². The third kappa shape index (κ3) is 3.49. The zero-order chi connectivity index (χ0) is 14.8. The van der Waals surface area contributed by atoms with Crippen molar-refractivity contribution in [2.45, 2.75) is 18.9 Å². The zero-order valence-corrected chi connectivity index (χ0v) is 13.5. The molecule has 2 nitrogen and oxygen atoms in total. The normalized spacial score (nSPS) is 13.8. The quantitative estimate of drug-likeness (QED) is 0.809. The smallest absolute Gasteiger partial charge is 0.165 e. The van der Waals surface area contributed by atoms with Crippen LogP contribution in [0.2, 0.25) is 0 Å². The van der Waals surface area contributed by atoms with Crippen molar-refractivity contribution in [2.24, 2.45) is 0 Å². The van der Waals surface area contributed by atoms with Gasteiger partial charge in [-0.25, -0.2) is 4.39 Å². The maximum atomic E-state index is 13.7. The van der Waals surface area contributed by atoms with Crippen LogP contribution in [0.15, 0.2) is 42.5 Å².